The molecule has 7 heteroatoms. The van der Waals surface area contributed by atoms with Crippen molar-refractivity contribution in [1.82, 2.24) is 0 Å². The molecule has 2 N–H and O–H groups in total. The standard InChI is InChI=1S/C20H43O6P/c1-20(2,3)24-18-16-14-12-10-8-6-4-5-7-9-11-13-15-17-19-25-26-27(21,22)23/h4-19H2,1-3H3,(H2,21,22,23). The third-order valence-electron chi connectivity index (χ3n) is 4.31. The average molecular weight is 411 g/mol. The van der Waals surface area contributed by atoms with Crippen LogP contribution in [0.3, 0.4) is 0 Å². The molecule has 0 spiro atoms. The Kier molecular flexibility index (Phi) is 17.0. The summed E-state index contributed by atoms with van der Waals surface area (Å²) in [7, 11) is -4.49. The van der Waals surface area contributed by atoms with Gasteiger partial charge in [0, 0.05) is 6.61 Å². The van der Waals surface area contributed by atoms with E-state index in [-0.39, 0.29) is 12.2 Å². The van der Waals surface area contributed by atoms with Crippen LogP contribution in [0.5, 0.6) is 0 Å². The minimum absolute atomic E-state index is 0.00258. The molecule has 0 atom stereocenters. The first-order valence-electron chi connectivity index (χ1n) is 10.7. The van der Waals surface area contributed by atoms with Crippen molar-refractivity contribution >= 4 is 7.82 Å². The van der Waals surface area contributed by atoms with Crippen LogP contribution in [-0.4, -0.2) is 28.6 Å². The van der Waals surface area contributed by atoms with Crippen molar-refractivity contribution in [3.63, 3.8) is 0 Å². The van der Waals surface area contributed by atoms with Gasteiger partial charge in [-0.1, -0.05) is 77.0 Å². The molecule has 0 amide bonds. The third-order valence-corrected chi connectivity index (χ3v) is 4.61. The number of hydrogen-bond acceptors (Lipinski definition) is 4. The van der Waals surface area contributed by atoms with Gasteiger partial charge >= 0.3 is 7.82 Å². The SMILES string of the molecule is CC(C)(C)OCCCCCCCCCCCCCCCCOOP(=O)(O)O. The highest BCUT2D eigenvalue weighted by molar-refractivity contribution is 7.46. The van der Waals surface area contributed by atoms with Crippen LogP contribution in [-0.2, 0) is 18.9 Å². The fourth-order valence-electron chi connectivity index (χ4n) is 2.87. The summed E-state index contributed by atoms with van der Waals surface area (Å²) in [6.45, 7) is 7.44. The highest BCUT2D eigenvalue weighted by Crippen LogP contribution is 2.35. The van der Waals surface area contributed by atoms with Crippen molar-refractivity contribution in [2.75, 3.05) is 13.2 Å². The van der Waals surface area contributed by atoms with Gasteiger partial charge in [0.15, 0.2) is 0 Å². The molecule has 0 bridgehead atoms. The molecule has 6 nitrogen and oxygen atoms in total. The summed E-state index contributed by atoms with van der Waals surface area (Å²) in [5.41, 5.74) is -0.00258. The Morgan fingerprint density at radius 2 is 0.963 bits per heavy atom. The maximum Gasteiger partial charge on any atom is 0.496 e. The van der Waals surface area contributed by atoms with Crippen LogP contribution in [0.4, 0.5) is 0 Å². The first kappa shape index (κ1) is 27.0. The van der Waals surface area contributed by atoms with E-state index < -0.39 is 7.82 Å². The summed E-state index contributed by atoms with van der Waals surface area (Å²) in [5, 5.41) is 0. The molecule has 0 unspecified atom stereocenters. The molecule has 0 radical (unpaired) electrons. The van der Waals surface area contributed by atoms with Gasteiger partial charge in [0.25, 0.3) is 0 Å². The molecule has 0 aromatic rings. The first-order chi connectivity index (χ1) is 12.7. The second-order valence-corrected chi connectivity index (χ2v) is 9.43. The maximum atomic E-state index is 10.4. The Bertz CT molecular complexity index is 364. The lowest BCUT2D eigenvalue weighted by molar-refractivity contribution is -0.222. The van der Waals surface area contributed by atoms with Crippen LogP contribution in [0.2, 0.25) is 0 Å². The van der Waals surface area contributed by atoms with Gasteiger partial charge in [-0.15, -0.1) is 4.67 Å². The predicted molar refractivity (Wildman–Crippen MR) is 109 cm³/mol. The van der Waals surface area contributed by atoms with E-state index in [0.29, 0.717) is 0 Å². The Morgan fingerprint density at radius 1 is 0.630 bits per heavy atom. The van der Waals surface area contributed by atoms with E-state index in [2.05, 4.69) is 30.3 Å². The van der Waals surface area contributed by atoms with Crippen LogP contribution in [0.1, 0.15) is 111 Å². The van der Waals surface area contributed by atoms with E-state index in [1.807, 2.05) is 0 Å². The van der Waals surface area contributed by atoms with Crippen LogP contribution in [0, 0.1) is 0 Å². The van der Waals surface area contributed by atoms with Crippen LogP contribution < -0.4 is 0 Å². The second kappa shape index (κ2) is 16.9. The topological polar surface area (TPSA) is 85.2 Å². The lowest BCUT2D eigenvalue weighted by Gasteiger charge is -2.19. The molecule has 0 aromatic carbocycles. The van der Waals surface area contributed by atoms with Crippen molar-refractivity contribution < 1.29 is 28.7 Å². The van der Waals surface area contributed by atoms with Crippen molar-refractivity contribution in [3.05, 3.63) is 0 Å². The smallest absolute Gasteiger partial charge is 0.376 e. The first-order valence-corrected chi connectivity index (χ1v) is 12.2. The molecule has 0 aliphatic rings. The van der Waals surface area contributed by atoms with Crippen molar-refractivity contribution in [2.24, 2.45) is 0 Å². The average Bonchev–Trinajstić information content (AvgIpc) is 2.55. The van der Waals surface area contributed by atoms with Crippen LogP contribution in [0.25, 0.3) is 0 Å². The van der Waals surface area contributed by atoms with Crippen molar-refractivity contribution in [2.45, 2.75) is 116 Å². The van der Waals surface area contributed by atoms with Gasteiger partial charge in [-0.3, -0.25) is 0 Å². The molecule has 0 heterocycles. The minimum Gasteiger partial charge on any atom is -0.376 e. The minimum atomic E-state index is -4.49. The molecule has 27 heavy (non-hydrogen) atoms. The molecular formula is C20H43O6P. The van der Waals surface area contributed by atoms with E-state index in [0.717, 1.165) is 25.9 Å². The van der Waals surface area contributed by atoms with Gasteiger partial charge in [-0.2, -0.15) is 0 Å². The maximum absolute atomic E-state index is 10.4. The number of unbranched alkanes of at least 4 members (excludes halogenated alkanes) is 13. The molecule has 0 rings (SSSR count). The van der Waals surface area contributed by atoms with E-state index in [1.54, 1.807) is 0 Å². The normalized spacial score (nSPS) is 12.6. The molecular weight excluding hydrogens is 367 g/mol. The number of rotatable bonds is 19. The molecule has 164 valence electrons. The predicted octanol–water partition coefficient (Wildman–Crippen LogP) is 6.30. The van der Waals surface area contributed by atoms with E-state index in [1.165, 1.54) is 70.6 Å². The summed E-state index contributed by atoms with van der Waals surface area (Å²) in [5.74, 6) is 0. The molecule has 0 fully saturated rings. The molecule has 0 saturated carbocycles. The Hall–Kier alpha value is 0.0300. The summed E-state index contributed by atoms with van der Waals surface area (Å²) < 4.78 is 20.0. The highest BCUT2D eigenvalue weighted by atomic mass is 31.2. The summed E-state index contributed by atoms with van der Waals surface area (Å²) in [4.78, 5) is 21.3. The van der Waals surface area contributed by atoms with E-state index >= 15 is 0 Å². The van der Waals surface area contributed by atoms with E-state index in [9.17, 15) is 4.57 Å². The van der Waals surface area contributed by atoms with Gasteiger partial charge in [0.1, 0.15) is 0 Å². The summed E-state index contributed by atoms with van der Waals surface area (Å²) >= 11 is 0. The zero-order valence-corrected chi connectivity index (χ0v) is 18.7. The Morgan fingerprint density at radius 3 is 1.30 bits per heavy atom. The van der Waals surface area contributed by atoms with Gasteiger partial charge in [-0.05, 0) is 33.6 Å². The van der Waals surface area contributed by atoms with Crippen molar-refractivity contribution in [1.29, 1.82) is 0 Å². The zero-order chi connectivity index (χ0) is 20.4. The van der Waals surface area contributed by atoms with Gasteiger partial charge in [-0.25, -0.2) is 9.45 Å². The summed E-state index contributed by atoms with van der Waals surface area (Å²) in [6, 6.07) is 0. The largest absolute Gasteiger partial charge is 0.496 e. The quantitative estimate of drug-likeness (QED) is 0.112. The fourth-order valence-corrected chi connectivity index (χ4v) is 3.08. The van der Waals surface area contributed by atoms with E-state index in [4.69, 9.17) is 14.5 Å². The number of ether oxygens (including phenoxy) is 1. The Balaban J connectivity index is 3.08. The second-order valence-electron chi connectivity index (χ2n) is 8.30. The Labute approximate surface area is 166 Å². The lowest BCUT2D eigenvalue weighted by atomic mass is 10.0. The van der Waals surface area contributed by atoms with Crippen LogP contribution >= 0.6 is 7.82 Å². The van der Waals surface area contributed by atoms with Gasteiger partial charge < -0.3 is 14.5 Å². The highest BCUT2D eigenvalue weighted by Gasteiger charge is 2.14. The molecule has 0 aromatic heterocycles. The van der Waals surface area contributed by atoms with Gasteiger partial charge in [0.2, 0.25) is 0 Å². The van der Waals surface area contributed by atoms with Crippen LogP contribution in [0.15, 0.2) is 0 Å². The molecule has 0 aliphatic carbocycles. The monoisotopic (exact) mass is 410 g/mol. The van der Waals surface area contributed by atoms with Gasteiger partial charge in [0.05, 0.1) is 12.2 Å². The summed E-state index contributed by atoms with van der Waals surface area (Å²) in [6.07, 6.45) is 17.2. The van der Waals surface area contributed by atoms with Crippen molar-refractivity contribution in [3.8, 4) is 0 Å². The lowest BCUT2D eigenvalue weighted by Crippen LogP contribution is -2.19. The number of hydrogen-bond donors (Lipinski definition) is 2. The zero-order valence-electron chi connectivity index (χ0n) is 17.8. The fraction of sp³-hybridized carbons (Fsp3) is 1.00. The third kappa shape index (κ3) is 26.0. The number of phosphoric acid groups is 1. The molecule has 0 saturated heterocycles. The molecule has 0 aliphatic heterocycles.